The van der Waals surface area contributed by atoms with Crippen LogP contribution in [0.2, 0.25) is 0 Å². The van der Waals surface area contributed by atoms with E-state index in [4.69, 9.17) is 19.9 Å². The number of carbonyl (C=O) groups is 1. The fourth-order valence-corrected chi connectivity index (χ4v) is 3.54. The van der Waals surface area contributed by atoms with Crippen molar-refractivity contribution in [2.45, 2.75) is 26.1 Å². The van der Waals surface area contributed by atoms with Gasteiger partial charge in [0.25, 0.3) is 0 Å². The number of hydrogen-bond acceptors (Lipinski definition) is 7. The summed E-state index contributed by atoms with van der Waals surface area (Å²) in [5.74, 6) is 0.100. The summed E-state index contributed by atoms with van der Waals surface area (Å²) >= 11 is 1.30. The van der Waals surface area contributed by atoms with Crippen LogP contribution in [0.15, 0.2) is 0 Å². The van der Waals surface area contributed by atoms with Crippen LogP contribution in [0.5, 0.6) is 5.75 Å². The Kier molecular flexibility index (Phi) is 4.39. The number of nitrogens with zero attached hydrogens (tertiary/aromatic N) is 1. The van der Waals surface area contributed by atoms with E-state index in [0.29, 0.717) is 16.3 Å². The third-order valence-corrected chi connectivity index (χ3v) is 4.39. The smallest absolute Gasteiger partial charge is 0.350 e. The Bertz CT molecular complexity index is 493. The maximum absolute atomic E-state index is 11.7. The molecule has 2 unspecified atom stereocenters. The highest BCUT2D eigenvalue weighted by Crippen LogP contribution is 2.45. The average molecular weight is 300 g/mol. The van der Waals surface area contributed by atoms with Gasteiger partial charge in [-0.15, -0.1) is 11.3 Å². The lowest BCUT2D eigenvalue weighted by Crippen LogP contribution is -2.45. The molecule has 6 nitrogen and oxygen atoms in total. The number of morpholine rings is 1. The van der Waals surface area contributed by atoms with Crippen LogP contribution in [0.3, 0.4) is 0 Å². The largest absolute Gasteiger partial charge is 0.492 e. The summed E-state index contributed by atoms with van der Waals surface area (Å²) < 4.78 is 15.8. The van der Waals surface area contributed by atoms with Crippen LogP contribution in [0.1, 0.15) is 23.5 Å². The zero-order valence-corrected chi connectivity index (χ0v) is 13.0. The van der Waals surface area contributed by atoms with Crippen LogP contribution in [0, 0.1) is 0 Å². The number of ether oxygens (including phenoxy) is 3. The van der Waals surface area contributed by atoms with Crippen molar-refractivity contribution in [1.29, 1.82) is 0 Å². The van der Waals surface area contributed by atoms with Gasteiger partial charge in [0.2, 0.25) is 0 Å². The molecule has 7 heteroatoms. The molecule has 2 heterocycles. The summed E-state index contributed by atoms with van der Waals surface area (Å²) in [5, 5.41) is 0.854. The minimum Gasteiger partial charge on any atom is -0.492 e. The quantitative estimate of drug-likeness (QED) is 0.857. The molecule has 0 aromatic carbocycles. The van der Waals surface area contributed by atoms with Crippen LogP contribution >= 0.6 is 11.3 Å². The van der Waals surface area contributed by atoms with Crippen LogP contribution in [-0.4, -0.2) is 45.5 Å². The van der Waals surface area contributed by atoms with Gasteiger partial charge in [0.05, 0.1) is 26.4 Å². The number of thiophene rings is 1. The Morgan fingerprint density at radius 2 is 1.95 bits per heavy atom. The van der Waals surface area contributed by atoms with Crippen molar-refractivity contribution in [3.05, 3.63) is 4.88 Å². The Morgan fingerprint density at radius 1 is 1.35 bits per heavy atom. The maximum Gasteiger partial charge on any atom is 0.350 e. The van der Waals surface area contributed by atoms with Gasteiger partial charge in [0.1, 0.15) is 15.6 Å². The lowest BCUT2D eigenvalue weighted by molar-refractivity contribution is -0.00510. The first kappa shape index (κ1) is 14.9. The van der Waals surface area contributed by atoms with Gasteiger partial charge in [-0.1, -0.05) is 0 Å². The fourth-order valence-electron chi connectivity index (χ4n) is 2.41. The van der Waals surface area contributed by atoms with Crippen LogP contribution in [-0.2, 0) is 9.47 Å². The first-order valence-electron chi connectivity index (χ1n) is 6.42. The fraction of sp³-hybridized carbons (Fsp3) is 0.615. The monoisotopic (exact) mass is 300 g/mol. The van der Waals surface area contributed by atoms with E-state index in [2.05, 4.69) is 4.90 Å². The molecule has 2 N–H and O–H groups in total. The summed E-state index contributed by atoms with van der Waals surface area (Å²) in [6.07, 6.45) is 0.238. The highest BCUT2D eigenvalue weighted by atomic mass is 32.1. The number of anilines is 2. The third kappa shape index (κ3) is 2.69. The molecule has 1 fully saturated rings. The molecule has 2 rings (SSSR count). The molecular formula is C13H20N2O4S. The first-order chi connectivity index (χ1) is 9.47. The van der Waals surface area contributed by atoms with Crippen LogP contribution < -0.4 is 15.4 Å². The third-order valence-electron chi connectivity index (χ3n) is 3.16. The molecule has 0 radical (unpaired) electrons. The molecule has 112 valence electrons. The molecule has 0 spiro atoms. The van der Waals surface area contributed by atoms with Gasteiger partial charge in [-0.2, -0.15) is 0 Å². The highest BCUT2D eigenvalue weighted by molar-refractivity contribution is 7.19. The number of rotatable bonds is 3. The van der Waals surface area contributed by atoms with E-state index >= 15 is 0 Å². The second-order valence-electron chi connectivity index (χ2n) is 4.84. The van der Waals surface area contributed by atoms with Gasteiger partial charge >= 0.3 is 5.97 Å². The standard InChI is InChI=1S/C13H20N2O4S/c1-7-5-15(6-8(2)19-7)12-10(17-3)9(14)11(20-12)13(16)18-4/h7-8H,5-6,14H2,1-4H3. The molecule has 0 aliphatic carbocycles. The Labute approximate surface area is 122 Å². The summed E-state index contributed by atoms with van der Waals surface area (Å²) in [4.78, 5) is 14.3. The number of hydrogen-bond donors (Lipinski definition) is 1. The SMILES string of the molecule is COC(=O)c1sc(N2CC(C)OC(C)C2)c(OC)c1N. The molecule has 0 bridgehead atoms. The van der Waals surface area contributed by atoms with Gasteiger partial charge in [0.15, 0.2) is 5.75 Å². The second kappa shape index (κ2) is 5.88. The van der Waals surface area contributed by atoms with Gasteiger partial charge in [-0.05, 0) is 13.8 Å². The first-order valence-corrected chi connectivity index (χ1v) is 7.24. The normalized spacial score (nSPS) is 22.7. The van der Waals surface area contributed by atoms with Gasteiger partial charge in [-0.3, -0.25) is 0 Å². The minimum absolute atomic E-state index is 0.119. The number of carbonyl (C=O) groups excluding carboxylic acids is 1. The van der Waals surface area contributed by atoms with E-state index in [1.54, 1.807) is 7.11 Å². The molecule has 0 amide bonds. The van der Waals surface area contributed by atoms with E-state index in [1.165, 1.54) is 18.4 Å². The van der Waals surface area contributed by atoms with Crippen LogP contribution in [0.25, 0.3) is 0 Å². The maximum atomic E-state index is 11.7. The molecule has 1 aliphatic heterocycles. The predicted octanol–water partition coefficient (Wildman–Crippen LogP) is 1.74. The van der Waals surface area contributed by atoms with Crippen molar-refractivity contribution in [1.82, 2.24) is 0 Å². The average Bonchev–Trinajstić information content (AvgIpc) is 2.73. The van der Waals surface area contributed by atoms with Crippen molar-refractivity contribution in [3.8, 4) is 5.75 Å². The van der Waals surface area contributed by atoms with E-state index in [1.807, 2.05) is 13.8 Å². The molecule has 1 aromatic heterocycles. The molecule has 1 aromatic rings. The predicted molar refractivity (Wildman–Crippen MR) is 78.8 cm³/mol. The minimum atomic E-state index is -0.439. The van der Waals surface area contributed by atoms with Gasteiger partial charge < -0.3 is 24.8 Å². The lowest BCUT2D eigenvalue weighted by Gasteiger charge is -2.36. The number of esters is 1. The summed E-state index contributed by atoms with van der Waals surface area (Å²) in [6.45, 7) is 5.52. The summed E-state index contributed by atoms with van der Waals surface area (Å²) in [5.41, 5.74) is 6.33. The van der Waals surface area contributed by atoms with Crippen molar-refractivity contribution < 1.29 is 19.0 Å². The Hall–Kier alpha value is -1.47. The number of nitrogen functional groups attached to an aromatic ring is 1. The number of methoxy groups -OCH3 is 2. The second-order valence-corrected chi connectivity index (χ2v) is 5.84. The summed E-state index contributed by atoms with van der Waals surface area (Å²) in [7, 11) is 2.89. The van der Waals surface area contributed by atoms with Crippen molar-refractivity contribution in [2.75, 3.05) is 37.9 Å². The summed E-state index contributed by atoms with van der Waals surface area (Å²) in [6, 6.07) is 0. The molecule has 1 saturated heterocycles. The lowest BCUT2D eigenvalue weighted by atomic mass is 10.2. The van der Waals surface area contributed by atoms with E-state index < -0.39 is 5.97 Å². The van der Waals surface area contributed by atoms with Crippen molar-refractivity contribution in [3.63, 3.8) is 0 Å². The van der Waals surface area contributed by atoms with E-state index in [-0.39, 0.29) is 12.2 Å². The van der Waals surface area contributed by atoms with Gasteiger partial charge in [-0.25, -0.2) is 4.79 Å². The van der Waals surface area contributed by atoms with Crippen LogP contribution in [0.4, 0.5) is 10.7 Å². The zero-order chi connectivity index (χ0) is 14.9. The number of nitrogens with two attached hydrogens (primary N) is 1. The molecule has 20 heavy (non-hydrogen) atoms. The molecule has 1 aliphatic rings. The van der Waals surface area contributed by atoms with Gasteiger partial charge in [0, 0.05) is 13.1 Å². The van der Waals surface area contributed by atoms with E-state index in [0.717, 1.165) is 18.1 Å². The van der Waals surface area contributed by atoms with E-state index in [9.17, 15) is 4.79 Å². The molecule has 2 atom stereocenters. The van der Waals surface area contributed by atoms with Crippen molar-refractivity contribution >= 4 is 28.0 Å². The Balaban J connectivity index is 2.38. The van der Waals surface area contributed by atoms with Crippen molar-refractivity contribution in [2.24, 2.45) is 0 Å². The highest BCUT2D eigenvalue weighted by Gasteiger charge is 2.30. The molecular weight excluding hydrogens is 280 g/mol. The molecule has 0 saturated carbocycles. The topological polar surface area (TPSA) is 74.0 Å². The zero-order valence-electron chi connectivity index (χ0n) is 12.1. The Morgan fingerprint density at radius 3 is 2.45 bits per heavy atom.